The van der Waals surface area contributed by atoms with Gasteiger partial charge in [0.05, 0.1) is 25.2 Å². The van der Waals surface area contributed by atoms with Crippen LogP contribution in [0.3, 0.4) is 0 Å². The number of hydrogen-bond donors (Lipinski definition) is 3. The van der Waals surface area contributed by atoms with Crippen molar-refractivity contribution in [1.82, 2.24) is 5.32 Å². The number of hydrogen-bond acceptors (Lipinski definition) is 5. The average Bonchev–Trinajstić information content (AvgIpc) is 3.06. The van der Waals surface area contributed by atoms with Crippen LogP contribution in [-0.4, -0.2) is 36.1 Å². The van der Waals surface area contributed by atoms with Gasteiger partial charge in [0.1, 0.15) is 5.58 Å². The van der Waals surface area contributed by atoms with Gasteiger partial charge in [-0.3, -0.25) is 4.79 Å². The first-order valence-electron chi connectivity index (χ1n) is 8.75. The van der Waals surface area contributed by atoms with Gasteiger partial charge in [-0.2, -0.15) is 0 Å². The first kappa shape index (κ1) is 19.2. The van der Waals surface area contributed by atoms with Crippen LogP contribution in [0.25, 0.3) is 11.0 Å². The molecule has 0 aliphatic rings. The van der Waals surface area contributed by atoms with Crippen LogP contribution in [0.4, 0.5) is 0 Å². The van der Waals surface area contributed by atoms with Gasteiger partial charge in [0.2, 0.25) is 5.91 Å². The molecular formula is C20H22BNO5. The Morgan fingerprint density at radius 2 is 1.81 bits per heavy atom. The van der Waals surface area contributed by atoms with Crippen LogP contribution in [0.15, 0.2) is 59.2 Å². The fourth-order valence-electron chi connectivity index (χ4n) is 3.12. The van der Waals surface area contributed by atoms with E-state index in [2.05, 4.69) is 5.32 Å². The summed E-state index contributed by atoms with van der Waals surface area (Å²) in [4.78, 5) is 12.5. The second kappa shape index (κ2) is 8.86. The molecule has 3 rings (SSSR count). The SMILES string of the molecule is COCc1ccccc1CC(=O)NC(Cc1coc2ccccc12)B(O)O. The number of furan rings is 1. The molecule has 6 nitrogen and oxygen atoms in total. The summed E-state index contributed by atoms with van der Waals surface area (Å²) in [6.45, 7) is 0.413. The normalized spacial score (nSPS) is 12.1. The molecule has 1 unspecified atom stereocenters. The van der Waals surface area contributed by atoms with Crippen molar-refractivity contribution >= 4 is 24.0 Å². The summed E-state index contributed by atoms with van der Waals surface area (Å²) in [5.74, 6) is -1.13. The van der Waals surface area contributed by atoms with Crippen molar-refractivity contribution in [3.63, 3.8) is 0 Å². The summed E-state index contributed by atoms with van der Waals surface area (Å²) < 4.78 is 10.6. The summed E-state index contributed by atoms with van der Waals surface area (Å²) in [6.07, 6.45) is 1.97. The second-order valence-electron chi connectivity index (χ2n) is 6.43. The van der Waals surface area contributed by atoms with Crippen LogP contribution in [0.1, 0.15) is 16.7 Å². The molecule has 0 fully saturated rings. The van der Waals surface area contributed by atoms with Gasteiger partial charge >= 0.3 is 7.12 Å². The van der Waals surface area contributed by atoms with Gasteiger partial charge in [-0.15, -0.1) is 0 Å². The molecule has 0 aliphatic carbocycles. The maximum atomic E-state index is 12.5. The van der Waals surface area contributed by atoms with E-state index in [9.17, 15) is 14.8 Å². The number of amides is 1. The van der Waals surface area contributed by atoms with E-state index in [0.29, 0.717) is 6.61 Å². The Labute approximate surface area is 157 Å². The van der Waals surface area contributed by atoms with Crippen molar-refractivity contribution in [2.75, 3.05) is 7.11 Å². The zero-order valence-electron chi connectivity index (χ0n) is 15.1. The van der Waals surface area contributed by atoms with Gasteiger partial charge in [0, 0.05) is 12.5 Å². The number of fused-ring (bicyclic) bond motifs is 1. The van der Waals surface area contributed by atoms with Gasteiger partial charge in [0.15, 0.2) is 0 Å². The number of carbonyl (C=O) groups excluding carboxylic acids is 1. The van der Waals surface area contributed by atoms with Gasteiger partial charge in [-0.25, -0.2) is 0 Å². The van der Waals surface area contributed by atoms with Crippen LogP contribution in [-0.2, 0) is 29.0 Å². The summed E-state index contributed by atoms with van der Waals surface area (Å²) in [7, 11) is -0.0821. The molecule has 3 N–H and O–H groups in total. The van der Waals surface area contributed by atoms with Crippen LogP contribution < -0.4 is 5.32 Å². The number of para-hydroxylation sites is 1. The molecule has 2 aromatic carbocycles. The minimum Gasteiger partial charge on any atom is -0.464 e. The van der Waals surface area contributed by atoms with Crippen LogP contribution in [0.5, 0.6) is 0 Å². The Morgan fingerprint density at radius 3 is 2.56 bits per heavy atom. The zero-order chi connectivity index (χ0) is 19.2. The molecule has 140 valence electrons. The third kappa shape index (κ3) is 4.77. The molecule has 0 saturated heterocycles. The quantitative estimate of drug-likeness (QED) is 0.529. The Hall–Kier alpha value is -2.61. The molecule has 7 heteroatoms. The van der Waals surface area contributed by atoms with E-state index in [4.69, 9.17) is 9.15 Å². The summed E-state index contributed by atoms with van der Waals surface area (Å²) in [5.41, 5.74) is 3.30. The number of benzene rings is 2. The molecule has 0 saturated carbocycles. The van der Waals surface area contributed by atoms with Crippen molar-refractivity contribution in [1.29, 1.82) is 0 Å². The number of methoxy groups -OCH3 is 1. The zero-order valence-corrected chi connectivity index (χ0v) is 15.1. The predicted octanol–water partition coefficient (Wildman–Crippen LogP) is 1.86. The van der Waals surface area contributed by atoms with Crippen molar-refractivity contribution in [3.8, 4) is 0 Å². The first-order chi connectivity index (χ1) is 13.1. The van der Waals surface area contributed by atoms with E-state index in [-0.39, 0.29) is 18.7 Å². The smallest absolute Gasteiger partial charge is 0.464 e. The van der Waals surface area contributed by atoms with Crippen LogP contribution in [0, 0.1) is 0 Å². The predicted molar refractivity (Wildman–Crippen MR) is 103 cm³/mol. The molecule has 0 radical (unpaired) electrons. The van der Waals surface area contributed by atoms with E-state index < -0.39 is 13.1 Å². The van der Waals surface area contributed by atoms with Gasteiger partial charge in [0.25, 0.3) is 0 Å². The monoisotopic (exact) mass is 367 g/mol. The van der Waals surface area contributed by atoms with Crippen molar-refractivity contribution < 1.29 is 24.0 Å². The first-order valence-corrected chi connectivity index (χ1v) is 8.75. The highest BCUT2D eigenvalue weighted by atomic mass is 16.5. The lowest BCUT2D eigenvalue weighted by Gasteiger charge is -2.18. The number of rotatable bonds is 8. The summed E-state index contributed by atoms with van der Waals surface area (Å²) >= 11 is 0. The molecule has 3 aromatic rings. The Balaban J connectivity index is 1.70. The Morgan fingerprint density at radius 1 is 1.11 bits per heavy atom. The fourth-order valence-corrected chi connectivity index (χ4v) is 3.12. The molecule has 0 aliphatic heterocycles. The topological polar surface area (TPSA) is 91.9 Å². The van der Waals surface area contributed by atoms with Crippen molar-refractivity contribution in [3.05, 3.63) is 71.5 Å². The third-order valence-electron chi connectivity index (χ3n) is 4.48. The standard InChI is InChI=1S/C20H22BNO5/c1-26-12-15-7-3-2-6-14(15)11-20(23)22-19(21(24)25)10-16-13-27-18-9-5-4-8-17(16)18/h2-9,13,19,24-25H,10-12H2,1H3,(H,22,23). The van der Waals surface area contributed by atoms with Gasteiger partial charge < -0.3 is 24.5 Å². The largest absolute Gasteiger partial charge is 0.475 e. The molecule has 0 spiro atoms. The molecule has 27 heavy (non-hydrogen) atoms. The third-order valence-corrected chi connectivity index (χ3v) is 4.48. The number of nitrogens with one attached hydrogen (secondary N) is 1. The molecular weight excluding hydrogens is 345 g/mol. The minimum atomic E-state index is -1.68. The van der Waals surface area contributed by atoms with E-state index in [1.54, 1.807) is 13.4 Å². The maximum absolute atomic E-state index is 12.5. The lowest BCUT2D eigenvalue weighted by molar-refractivity contribution is -0.120. The van der Waals surface area contributed by atoms with E-state index in [1.807, 2.05) is 48.5 Å². The van der Waals surface area contributed by atoms with E-state index >= 15 is 0 Å². The molecule has 1 atom stereocenters. The minimum absolute atomic E-state index is 0.134. The fraction of sp³-hybridized carbons (Fsp3) is 0.250. The highest BCUT2D eigenvalue weighted by Gasteiger charge is 2.27. The number of ether oxygens (including phenoxy) is 1. The van der Waals surface area contributed by atoms with E-state index in [1.165, 1.54) is 0 Å². The lowest BCUT2D eigenvalue weighted by atomic mass is 9.75. The summed E-state index contributed by atoms with van der Waals surface area (Å²) in [6, 6.07) is 15.0. The highest BCUT2D eigenvalue weighted by Crippen LogP contribution is 2.22. The molecule has 1 heterocycles. The van der Waals surface area contributed by atoms with Crippen LogP contribution >= 0.6 is 0 Å². The second-order valence-corrected chi connectivity index (χ2v) is 6.43. The molecule has 0 bridgehead atoms. The molecule has 1 aromatic heterocycles. The van der Waals surface area contributed by atoms with Crippen molar-refractivity contribution in [2.24, 2.45) is 0 Å². The van der Waals surface area contributed by atoms with Gasteiger partial charge in [-0.1, -0.05) is 42.5 Å². The van der Waals surface area contributed by atoms with E-state index in [0.717, 1.165) is 27.7 Å². The lowest BCUT2D eigenvalue weighted by Crippen LogP contribution is -2.48. The average molecular weight is 367 g/mol. The Kier molecular flexibility index (Phi) is 6.29. The van der Waals surface area contributed by atoms with Gasteiger partial charge in [-0.05, 0) is 29.2 Å². The maximum Gasteiger partial charge on any atom is 0.475 e. The number of carbonyl (C=O) groups is 1. The Bertz CT molecular complexity index is 908. The molecule has 1 amide bonds. The summed E-state index contributed by atoms with van der Waals surface area (Å²) in [5, 5.41) is 23.1. The highest BCUT2D eigenvalue weighted by molar-refractivity contribution is 6.43. The van der Waals surface area contributed by atoms with Crippen molar-refractivity contribution in [2.45, 2.75) is 25.4 Å². The van der Waals surface area contributed by atoms with Crippen LogP contribution in [0.2, 0.25) is 0 Å².